The molecule has 1 aromatic heterocycles. The minimum atomic E-state index is -4.14. The summed E-state index contributed by atoms with van der Waals surface area (Å²) in [7, 11) is -4.14. The van der Waals surface area contributed by atoms with Crippen molar-refractivity contribution in [1.29, 1.82) is 0 Å². The lowest BCUT2D eigenvalue weighted by Crippen LogP contribution is -2.45. The number of rotatable bonds is 3. The van der Waals surface area contributed by atoms with Gasteiger partial charge in [-0.1, -0.05) is 0 Å². The standard InChI is InChI=1S/C11H14FN3O3S/c12-8-4-3-7-14-11(8)19(17,18)15-9-5-1-2-6-13-10(9)16/h3-4,7,9,15H,1-2,5-6H2,(H,13,16). The van der Waals surface area contributed by atoms with Gasteiger partial charge in [0.2, 0.25) is 10.9 Å². The second kappa shape index (κ2) is 5.62. The van der Waals surface area contributed by atoms with E-state index in [9.17, 15) is 17.6 Å². The molecule has 1 aromatic rings. The van der Waals surface area contributed by atoms with Crippen molar-refractivity contribution in [3.05, 3.63) is 24.1 Å². The molecule has 1 unspecified atom stereocenters. The van der Waals surface area contributed by atoms with Crippen LogP contribution in [0.15, 0.2) is 23.4 Å². The predicted octanol–water partition coefficient (Wildman–Crippen LogP) is 0.168. The van der Waals surface area contributed by atoms with Crippen molar-refractivity contribution in [1.82, 2.24) is 15.0 Å². The van der Waals surface area contributed by atoms with E-state index in [0.717, 1.165) is 18.9 Å². The average molecular weight is 287 g/mol. The van der Waals surface area contributed by atoms with E-state index in [4.69, 9.17) is 0 Å². The third kappa shape index (κ3) is 3.27. The molecule has 104 valence electrons. The number of nitrogens with one attached hydrogen (secondary N) is 2. The number of halogens is 1. The molecule has 1 saturated heterocycles. The SMILES string of the molecule is O=C1NCCCCC1NS(=O)(=O)c1ncccc1F. The summed E-state index contributed by atoms with van der Waals surface area (Å²) in [6, 6.07) is 1.43. The molecule has 1 amide bonds. The number of hydrogen-bond acceptors (Lipinski definition) is 4. The summed E-state index contributed by atoms with van der Waals surface area (Å²) >= 11 is 0. The Kier molecular flexibility index (Phi) is 4.11. The van der Waals surface area contributed by atoms with Gasteiger partial charge in [0.15, 0.2) is 5.82 Å². The molecule has 19 heavy (non-hydrogen) atoms. The van der Waals surface area contributed by atoms with Crippen LogP contribution in [0.2, 0.25) is 0 Å². The summed E-state index contributed by atoms with van der Waals surface area (Å²) in [6.07, 6.45) is 3.09. The zero-order chi connectivity index (χ0) is 13.9. The van der Waals surface area contributed by atoms with Crippen molar-refractivity contribution in [2.24, 2.45) is 0 Å². The highest BCUT2D eigenvalue weighted by Crippen LogP contribution is 2.13. The van der Waals surface area contributed by atoms with Crippen molar-refractivity contribution in [2.45, 2.75) is 30.3 Å². The molecule has 0 aromatic carbocycles. The Balaban J connectivity index is 2.21. The van der Waals surface area contributed by atoms with Gasteiger partial charge in [-0.05, 0) is 31.4 Å². The second-order valence-electron chi connectivity index (χ2n) is 4.25. The zero-order valence-corrected chi connectivity index (χ0v) is 10.9. The lowest BCUT2D eigenvalue weighted by atomic mass is 10.1. The number of sulfonamides is 1. The minimum Gasteiger partial charge on any atom is -0.355 e. The fourth-order valence-electron chi connectivity index (χ4n) is 1.86. The van der Waals surface area contributed by atoms with Gasteiger partial charge in [-0.2, -0.15) is 4.72 Å². The maximum Gasteiger partial charge on any atom is 0.261 e. The summed E-state index contributed by atoms with van der Waals surface area (Å²) in [5.41, 5.74) is 0. The van der Waals surface area contributed by atoms with E-state index in [1.54, 1.807) is 0 Å². The molecular weight excluding hydrogens is 273 g/mol. The third-order valence-corrected chi connectivity index (χ3v) is 4.22. The highest BCUT2D eigenvalue weighted by atomic mass is 32.2. The summed E-state index contributed by atoms with van der Waals surface area (Å²) in [6.45, 7) is 0.523. The zero-order valence-electron chi connectivity index (χ0n) is 10.1. The monoisotopic (exact) mass is 287 g/mol. The van der Waals surface area contributed by atoms with E-state index in [0.29, 0.717) is 13.0 Å². The largest absolute Gasteiger partial charge is 0.355 e. The van der Waals surface area contributed by atoms with E-state index in [1.165, 1.54) is 12.3 Å². The molecule has 0 radical (unpaired) electrons. The minimum absolute atomic E-state index is 0.388. The topological polar surface area (TPSA) is 88.2 Å². The van der Waals surface area contributed by atoms with E-state index >= 15 is 0 Å². The van der Waals surface area contributed by atoms with Gasteiger partial charge in [-0.3, -0.25) is 4.79 Å². The molecule has 0 spiro atoms. The first kappa shape index (κ1) is 13.9. The van der Waals surface area contributed by atoms with E-state index in [-0.39, 0.29) is 0 Å². The van der Waals surface area contributed by atoms with Crippen LogP contribution in [0.1, 0.15) is 19.3 Å². The molecule has 0 saturated carbocycles. The maximum absolute atomic E-state index is 13.4. The number of aromatic nitrogens is 1. The van der Waals surface area contributed by atoms with Gasteiger partial charge in [0.25, 0.3) is 10.0 Å². The maximum atomic E-state index is 13.4. The fourth-order valence-corrected chi connectivity index (χ4v) is 3.10. The first-order valence-electron chi connectivity index (χ1n) is 5.91. The van der Waals surface area contributed by atoms with Crippen LogP contribution in [-0.2, 0) is 14.8 Å². The van der Waals surface area contributed by atoms with Gasteiger partial charge >= 0.3 is 0 Å². The van der Waals surface area contributed by atoms with Crippen molar-refractivity contribution in [3.63, 3.8) is 0 Å². The molecule has 8 heteroatoms. The molecule has 2 N–H and O–H groups in total. The lowest BCUT2D eigenvalue weighted by molar-refractivity contribution is -0.122. The van der Waals surface area contributed by atoms with Crippen molar-refractivity contribution < 1.29 is 17.6 Å². The van der Waals surface area contributed by atoms with E-state index < -0.39 is 32.8 Å². The van der Waals surface area contributed by atoms with E-state index in [2.05, 4.69) is 15.0 Å². The van der Waals surface area contributed by atoms with Crippen LogP contribution in [0, 0.1) is 5.82 Å². The fraction of sp³-hybridized carbons (Fsp3) is 0.455. The average Bonchev–Trinajstić information content (AvgIpc) is 2.55. The van der Waals surface area contributed by atoms with Gasteiger partial charge in [0, 0.05) is 12.7 Å². The Morgan fingerprint density at radius 2 is 2.21 bits per heavy atom. The van der Waals surface area contributed by atoms with Crippen LogP contribution >= 0.6 is 0 Å². The van der Waals surface area contributed by atoms with Crippen molar-refractivity contribution >= 4 is 15.9 Å². The first-order chi connectivity index (χ1) is 9.00. The Hall–Kier alpha value is -1.54. The van der Waals surface area contributed by atoms with Crippen molar-refractivity contribution in [2.75, 3.05) is 6.54 Å². The smallest absolute Gasteiger partial charge is 0.261 e. The second-order valence-corrected chi connectivity index (χ2v) is 5.88. The highest BCUT2D eigenvalue weighted by molar-refractivity contribution is 7.89. The molecule has 0 bridgehead atoms. The molecular formula is C11H14FN3O3S. The Morgan fingerprint density at radius 1 is 1.42 bits per heavy atom. The van der Waals surface area contributed by atoms with Gasteiger partial charge < -0.3 is 5.32 Å². The van der Waals surface area contributed by atoms with Gasteiger partial charge in [0.1, 0.15) is 6.04 Å². The quantitative estimate of drug-likeness (QED) is 0.829. The van der Waals surface area contributed by atoms with Gasteiger partial charge in [0.05, 0.1) is 0 Å². The van der Waals surface area contributed by atoms with Gasteiger partial charge in [-0.15, -0.1) is 0 Å². The number of pyridine rings is 1. The van der Waals surface area contributed by atoms with Crippen LogP contribution in [-0.4, -0.2) is 31.9 Å². The van der Waals surface area contributed by atoms with Gasteiger partial charge in [-0.25, -0.2) is 17.8 Å². The molecule has 0 aliphatic carbocycles. The van der Waals surface area contributed by atoms with Crippen molar-refractivity contribution in [3.8, 4) is 0 Å². The summed E-state index contributed by atoms with van der Waals surface area (Å²) < 4.78 is 39.6. The normalized spacial score (nSPS) is 20.7. The predicted molar refractivity (Wildman–Crippen MR) is 65.2 cm³/mol. The lowest BCUT2D eigenvalue weighted by Gasteiger charge is -2.15. The number of hydrogen-bond donors (Lipinski definition) is 2. The van der Waals surface area contributed by atoms with Crippen LogP contribution in [0.4, 0.5) is 4.39 Å². The number of amides is 1. The summed E-state index contributed by atoms with van der Waals surface area (Å²) in [4.78, 5) is 15.2. The Labute approximate surface area is 110 Å². The first-order valence-corrected chi connectivity index (χ1v) is 7.39. The highest BCUT2D eigenvalue weighted by Gasteiger charge is 2.29. The van der Waals surface area contributed by atoms with Crippen LogP contribution in [0.5, 0.6) is 0 Å². The number of carbonyl (C=O) groups excluding carboxylic acids is 1. The number of carbonyl (C=O) groups is 1. The van der Waals surface area contributed by atoms with E-state index in [1.807, 2.05) is 0 Å². The van der Waals surface area contributed by atoms with Crippen LogP contribution in [0.3, 0.4) is 0 Å². The third-order valence-electron chi connectivity index (χ3n) is 2.81. The molecule has 1 fully saturated rings. The van der Waals surface area contributed by atoms with Crippen LogP contribution in [0.25, 0.3) is 0 Å². The summed E-state index contributed by atoms with van der Waals surface area (Å²) in [5.74, 6) is -1.33. The Morgan fingerprint density at radius 3 is 2.95 bits per heavy atom. The number of nitrogens with zero attached hydrogens (tertiary/aromatic N) is 1. The molecule has 1 aliphatic heterocycles. The molecule has 2 rings (SSSR count). The molecule has 1 atom stereocenters. The molecule has 6 nitrogen and oxygen atoms in total. The molecule has 2 heterocycles. The summed E-state index contributed by atoms with van der Waals surface area (Å²) in [5, 5.41) is 1.92. The molecule has 1 aliphatic rings. The Bertz CT molecular complexity index is 576. The van der Waals surface area contributed by atoms with Crippen LogP contribution < -0.4 is 10.0 Å².